The second-order valence-corrected chi connectivity index (χ2v) is 10.8. The number of carbonyl (C=O) groups excluding carboxylic acids is 1. The van der Waals surface area contributed by atoms with Crippen molar-refractivity contribution in [3.8, 4) is 0 Å². The third kappa shape index (κ3) is 7.47. The summed E-state index contributed by atoms with van der Waals surface area (Å²) in [6.07, 6.45) is -5.43. The zero-order valence-corrected chi connectivity index (χ0v) is 24.2. The van der Waals surface area contributed by atoms with Crippen LogP contribution >= 0.6 is 0 Å². The molecule has 1 fully saturated rings. The third-order valence-electron chi connectivity index (χ3n) is 7.79. The van der Waals surface area contributed by atoms with Gasteiger partial charge in [-0.2, -0.15) is 13.2 Å². The summed E-state index contributed by atoms with van der Waals surface area (Å²) in [4.78, 5) is 32.6. The first kappa shape index (κ1) is 31.6. The van der Waals surface area contributed by atoms with Crippen LogP contribution in [0.4, 0.5) is 18.9 Å². The van der Waals surface area contributed by atoms with E-state index >= 15 is 0 Å². The molecule has 1 heterocycles. The molecule has 0 unspecified atom stereocenters. The van der Waals surface area contributed by atoms with Crippen molar-refractivity contribution in [2.45, 2.75) is 43.8 Å². The van der Waals surface area contributed by atoms with Crippen LogP contribution in [-0.4, -0.2) is 51.3 Å². The number of hydrogen-bond acceptors (Lipinski definition) is 5. The lowest BCUT2D eigenvalue weighted by Gasteiger charge is -2.25. The highest BCUT2D eigenvalue weighted by molar-refractivity contribution is 6.17. The minimum Gasteiger partial charge on any atom is -0.480 e. The predicted octanol–water partition coefficient (Wildman–Crippen LogP) is 6.33. The molecule has 1 aliphatic heterocycles. The Hall–Kier alpha value is -4.80. The summed E-state index contributed by atoms with van der Waals surface area (Å²) in [6, 6.07) is 26.9. The molecule has 0 bridgehead atoms. The average Bonchev–Trinajstić information content (AvgIpc) is 3.50. The van der Waals surface area contributed by atoms with E-state index in [1.807, 2.05) is 30.3 Å². The van der Waals surface area contributed by atoms with Gasteiger partial charge in [-0.05, 0) is 42.6 Å². The van der Waals surface area contributed by atoms with E-state index in [2.05, 4.69) is 15.2 Å². The van der Waals surface area contributed by atoms with Gasteiger partial charge in [-0.25, -0.2) is 4.79 Å². The second kappa shape index (κ2) is 13.9. The summed E-state index contributed by atoms with van der Waals surface area (Å²) in [7, 11) is 0. The molecule has 0 aliphatic carbocycles. The van der Waals surface area contributed by atoms with Crippen molar-refractivity contribution in [3.05, 3.63) is 137 Å². The molecule has 3 atom stereocenters. The fourth-order valence-corrected chi connectivity index (χ4v) is 5.62. The monoisotopic (exact) mass is 615 g/mol. The maximum absolute atomic E-state index is 13.8. The summed E-state index contributed by atoms with van der Waals surface area (Å²) < 4.78 is 41.3. The number of para-hydroxylation sites is 1. The van der Waals surface area contributed by atoms with Crippen LogP contribution in [0.3, 0.4) is 0 Å². The molecule has 1 amide bonds. The topological polar surface area (TPSA) is 102 Å². The smallest absolute Gasteiger partial charge is 0.416 e. The maximum Gasteiger partial charge on any atom is 0.416 e. The molecule has 0 saturated carbocycles. The fourth-order valence-electron chi connectivity index (χ4n) is 5.62. The number of anilines is 1. The van der Waals surface area contributed by atoms with E-state index < -0.39 is 41.5 Å². The number of hydrogen-bond donors (Lipinski definition) is 3. The van der Waals surface area contributed by atoms with Gasteiger partial charge in [0.2, 0.25) is 5.91 Å². The van der Waals surface area contributed by atoms with Crippen LogP contribution in [0.15, 0.2) is 114 Å². The molecule has 1 saturated heterocycles. The Bertz CT molecular complexity index is 1660. The van der Waals surface area contributed by atoms with Crippen LogP contribution in [0.1, 0.15) is 46.8 Å². The zero-order chi connectivity index (χ0) is 32.0. The standard InChI is InChI=1S/C35H32F3N3O4/c36-35(37,38)27-18-9-7-16-25(27)32(42)31(34(44)45)40-30(24-14-5-2-6-15-24)26-17-8-10-19-28(26)39-33(43)29-20-11-21-41(29)22-23-12-3-1-4-13-23/h1-10,12-19,29,31-32,42H,11,20-22H2,(H,39,43)(H,44,45)/t29-,31-,32+/m0/s1. The van der Waals surface area contributed by atoms with Gasteiger partial charge >= 0.3 is 12.1 Å². The van der Waals surface area contributed by atoms with Gasteiger partial charge in [0.25, 0.3) is 0 Å². The Kier molecular flexibility index (Phi) is 9.75. The van der Waals surface area contributed by atoms with Gasteiger partial charge in [0.1, 0.15) is 6.10 Å². The Morgan fingerprint density at radius 3 is 2.20 bits per heavy atom. The molecular weight excluding hydrogens is 583 g/mol. The van der Waals surface area contributed by atoms with E-state index in [0.29, 0.717) is 29.8 Å². The minimum atomic E-state index is -4.82. The number of carboxylic acids is 1. The molecule has 232 valence electrons. The van der Waals surface area contributed by atoms with Gasteiger partial charge < -0.3 is 15.5 Å². The summed E-state index contributed by atoms with van der Waals surface area (Å²) in [5.41, 5.74) is 0.586. The summed E-state index contributed by atoms with van der Waals surface area (Å²) >= 11 is 0. The number of carbonyl (C=O) groups is 2. The fraction of sp³-hybridized carbons (Fsp3) is 0.229. The van der Waals surface area contributed by atoms with Gasteiger partial charge in [0.15, 0.2) is 6.04 Å². The zero-order valence-electron chi connectivity index (χ0n) is 24.2. The first-order chi connectivity index (χ1) is 21.6. The van der Waals surface area contributed by atoms with E-state index in [9.17, 15) is 33.0 Å². The number of benzene rings is 4. The van der Waals surface area contributed by atoms with Crippen molar-refractivity contribution >= 4 is 23.3 Å². The lowest BCUT2D eigenvalue weighted by Crippen LogP contribution is -2.39. The van der Waals surface area contributed by atoms with Crippen LogP contribution in [-0.2, 0) is 22.3 Å². The van der Waals surface area contributed by atoms with Gasteiger partial charge in [-0.3, -0.25) is 14.7 Å². The summed E-state index contributed by atoms with van der Waals surface area (Å²) in [6.45, 7) is 1.36. The number of aliphatic hydroxyl groups is 1. The number of nitrogens with zero attached hydrogens (tertiary/aromatic N) is 2. The normalized spacial score (nSPS) is 17.1. The molecular formula is C35H32F3N3O4. The number of likely N-dealkylation sites (tertiary alicyclic amines) is 1. The van der Waals surface area contributed by atoms with Gasteiger partial charge in [0.05, 0.1) is 23.0 Å². The van der Waals surface area contributed by atoms with Crippen LogP contribution in [0.5, 0.6) is 0 Å². The maximum atomic E-state index is 13.8. The molecule has 0 spiro atoms. The predicted molar refractivity (Wildman–Crippen MR) is 165 cm³/mol. The molecule has 4 aromatic rings. The quantitative estimate of drug-likeness (QED) is 0.181. The number of aliphatic hydroxyl groups excluding tert-OH is 1. The largest absolute Gasteiger partial charge is 0.480 e. The number of alkyl halides is 3. The highest BCUT2D eigenvalue weighted by atomic mass is 19.4. The molecule has 0 aromatic heterocycles. The number of nitrogens with one attached hydrogen (secondary N) is 1. The molecule has 5 rings (SSSR count). The number of carboxylic acid groups (broad SMARTS) is 1. The molecule has 0 radical (unpaired) electrons. The van der Waals surface area contributed by atoms with Crippen molar-refractivity contribution in [1.29, 1.82) is 0 Å². The number of aliphatic imine (C=N–C) groups is 1. The van der Waals surface area contributed by atoms with Gasteiger partial charge in [-0.1, -0.05) is 97.1 Å². The number of amides is 1. The Morgan fingerprint density at radius 1 is 0.889 bits per heavy atom. The van der Waals surface area contributed by atoms with Gasteiger partial charge in [-0.15, -0.1) is 0 Å². The van der Waals surface area contributed by atoms with Crippen molar-refractivity contribution in [1.82, 2.24) is 4.90 Å². The van der Waals surface area contributed by atoms with E-state index in [1.54, 1.807) is 54.6 Å². The lowest BCUT2D eigenvalue weighted by atomic mass is 9.95. The SMILES string of the molecule is O=C(O)[C@@H](N=C(c1ccccc1)c1ccccc1NC(=O)[C@@H]1CCCN1Cc1ccccc1)[C@H](O)c1ccccc1C(F)(F)F. The molecule has 7 nitrogen and oxygen atoms in total. The average molecular weight is 616 g/mol. The minimum absolute atomic E-state index is 0.0926. The summed E-state index contributed by atoms with van der Waals surface area (Å²) in [5.74, 6) is -1.85. The second-order valence-electron chi connectivity index (χ2n) is 10.8. The van der Waals surface area contributed by atoms with E-state index in [4.69, 9.17) is 0 Å². The van der Waals surface area contributed by atoms with Crippen LogP contribution in [0.25, 0.3) is 0 Å². The summed E-state index contributed by atoms with van der Waals surface area (Å²) in [5, 5.41) is 24.2. The number of rotatable bonds is 10. The van der Waals surface area contributed by atoms with E-state index in [1.165, 1.54) is 6.07 Å². The number of aliphatic carboxylic acids is 1. The Labute approximate surface area is 258 Å². The third-order valence-corrected chi connectivity index (χ3v) is 7.79. The highest BCUT2D eigenvalue weighted by Crippen LogP contribution is 2.36. The van der Waals surface area contributed by atoms with Crippen molar-refractivity contribution in [3.63, 3.8) is 0 Å². The van der Waals surface area contributed by atoms with Crippen LogP contribution < -0.4 is 5.32 Å². The molecule has 3 N–H and O–H groups in total. The molecule has 1 aliphatic rings. The van der Waals surface area contributed by atoms with Gasteiger partial charge in [0, 0.05) is 17.7 Å². The Balaban J connectivity index is 1.51. The molecule has 10 heteroatoms. The van der Waals surface area contributed by atoms with Crippen molar-refractivity contribution < 1.29 is 33.0 Å². The van der Waals surface area contributed by atoms with Crippen molar-refractivity contribution in [2.75, 3.05) is 11.9 Å². The number of halogens is 3. The first-order valence-corrected chi connectivity index (χ1v) is 14.5. The van der Waals surface area contributed by atoms with E-state index in [-0.39, 0.29) is 11.6 Å². The van der Waals surface area contributed by atoms with Crippen LogP contribution in [0, 0.1) is 0 Å². The van der Waals surface area contributed by atoms with Crippen LogP contribution in [0.2, 0.25) is 0 Å². The Morgan fingerprint density at radius 2 is 1.51 bits per heavy atom. The first-order valence-electron chi connectivity index (χ1n) is 14.5. The molecule has 4 aromatic carbocycles. The van der Waals surface area contributed by atoms with E-state index in [0.717, 1.165) is 36.7 Å². The molecule has 45 heavy (non-hydrogen) atoms. The van der Waals surface area contributed by atoms with Crippen molar-refractivity contribution in [2.24, 2.45) is 4.99 Å². The lowest BCUT2D eigenvalue weighted by molar-refractivity contribution is -0.144. The highest BCUT2D eigenvalue weighted by Gasteiger charge is 2.38.